The first-order chi connectivity index (χ1) is 7.79. The van der Waals surface area contributed by atoms with Crippen molar-refractivity contribution in [2.24, 2.45) is 0 Å². The molecule has 0 unspecified atom stereocenters. The van der Waals surface area contributed by atoms with Crippen LogP contribution in [0.1, 0.15) is 33.6 Å². The van der Waals surface area contributed by atoms with Gasteiger partial charge in [-0.2, -0.15) is 0 Å². The van der Waals surface area contributed by atoms with Crippen molar-refractivity contribution >= 4 is 12.2 Å². The van der Waals surface area contributed by atoms with Gasteiger partial charge in [-0.15, -0.1) is 0 Å². The fourth-order valence-electron chi connectivity index (χ4n) is 1.82. The van der Waals surface area contributed by atoms with Crippen LogP contribution in [0.4, 0.5) is 9.59 Å². The number of carboxylic acid groups (broad SMARTS) is 1. The molecule has 1 fully saturated rings. The van der Waals surface area contributed by atoms with Gasteiger partial charge < -0.3 is 20.1 Å². The van der Waals surface area contributed by atoms with Gasteiger partial charge in [-0.05, 0) is 33.6 Å². The van der Waals surface area contributed by atoms with E-state index in [0.717, 1.165) is 12.8 Å². The number of amides is 2. The minimum absolute atomic E-state index is 0.139. The molecule has 1 aliphatic heterocycles. The van der Waals surface area contributed by atoms with Crippen LogP contribution in [0.2, 0.25) is 0 Å². The maximum Gasteiger partial charge on any atom is 0.407 e. The molecule has 1 heterocycles. The maximum atomic E-state index is 11.4. The summed E-state index contributed by atoms with van der Waals surface area (Å²) in [4.78, 5) is 23.6. The largest absolute Gasteiger partial charge is 0.465 e. The van der Waals surface area contributed by atoms with E-state index in [4.69, 9.17) is 9.84 Å². The molecule has 1 aliphatic rings. The number of nitrogens with zero attached hydrogens (tertiary/aromatic N) is 1. The molecular formula is C11H20N2O4. The molecule has 1 atom stereocenters. The van der Waals surface area contributed by atoms with Crippen molar-refractivity contribution in [1.29, 1.82) is 0 Å². The first-order valence-corrected chi connectivity index (χ1v) is 5.76. The Bertz CT molecular complexity index is 298. The molecule has 0 aromatic heterocycles. The minimum atomic E-state index is -0.932. The van der Waals surface area contributed by atoms with Crippen molar-refractivity contribution in [1.82, 2.24) is 10.2 Å². The van der Waals surface area contributed by atoms with Crippen molar-refractivity contribution < 1.29 is 19.4 Å². The van der Waals surface area contributed by atoms with Gasteiger partial charge in [0.1, 0.15) is 5.60 Å². The number of ether oxygens (including phenoxy) is 1. The van der Waals surface area contributed by atoms with E-state index in [1.807, 2.05) is 0 Å². The fraction of sp³-hybridized carbons (Fsp3) is 0.818. The van der Waals surface area contributed by atoms with Gasteiger partial charge in [-0.25, -0.2) is 9.59 Å². The molecule has 17 heavy (non-hydrogen) atoms. The highest BCUT2D eigenvalue weighted by atomic mass is 16.6. The van der Waals surface area contributed by atoms with Crippen molar-refractivity contribution in [2.45, 2.75) is 45.3 Å². The third kappa shape index (κ3) is 4.50. The number of hydrogen-bond donors (Lipinski definition) is 2. The predicted molar refractivity (Wildman–Crippen MR) is 62.0 cm³/mol. The summed E-state index contributed by atoms with van der Waals surface area (Å²) < 4.78 is 5.08. The summed E-state index contributed by atoms with van der Waals surface area (Å²) in [5.41, 5.74) is -0.535. The zero-order valence-electron chi connectivity index (χ0n) is 10.5. The van der Waals surface area contributed by atoms with Crippen LogP contribution < -0.4 is 5.32 Å². The fourth-order valence-corrected chi connectivity index (χ4v) is 1.82. The number of likely N-dealkylation sites (tertiary alicyclic amines) is 1. The molecule has 1 saturated heterocycles. The molecule has 0 saturated carbocycles. The second-order valence-electron chi connectivity index (χ2n) is 5.15. The Morgan fingerprint density at radius 1 is 1.47 bits per heavy atom. The lowest BCUT2D eigenvalue weighted by atomic mass is 10.2. The number of hydrogen-bond acceptors (Lipinski definition) is 3. The molecule has 0 aromatic rings. The van der Waals surface area contributed by atoms with Gasteiger partial charge in [0.25, 0.3) is 0 Å². The first kappa shape index (κ1) is 13.6. The standard InChI is InChI=1S/C11H20N2O4/c1-11(2,3)17-9(14)12-7-8-5-4-6-13(8)10(15)16/h8H,4-7H2,1-3H3,(H,12,14)(H,15,16)/t8-/m1/s1. The van der Waals surface area contributed by atoms with Gasteiger partial charge in [0.2, 0.25) is 0 Å². The molecule has 0 spiro atoms. The van der Waals surface area contributed by atoms with Crippen LogP contribution >= 0.6 is 0 Å². The van der Waals surface area contributed by atoms with E-state index in [0.29, 0.717) is 13.1 Å². The number of carbonyl (C=O) groups is 2. The smallest absolute Gasteiger partial charge is 0.407 e. The Hall–Kier alpha value is -1.46. The van der Waals surface area contributed by atoms with E-state index in [-0.39, 0.29) is 6.04 Å². The lowest BCUT2D eigenvalue weighted by Crippen LogP contribution is -2.43. The SMILES string of the molecule is CC(C)(C)OC(=O)NC[C@H]1CCCN1C(=O)O. The molecular weight excluding hydrogens is 224 g/mol. The van der Waals surface area contributed by atoms with Crippen molar-refractivity contribution in [2.75, 3.05) is 13.1 Å². The predicted octanol–water partition coefficient (Wildman–Crippen LogP) is 1.65. The van der Waals surface area contributed by atoms with Crippen LogP contribution in [0.25, 0.3) is 0 Å². The molecule has 6 nitrogen and oxygen atoms in total. The van der Waals surface area contributed by atoms with E-state index in [1.165, 1.54) is 4.90 Å². The van der Waals surface area contributed by atoms with Crippen LogP contribution in [-0.4, -0.2) is 46.9 Å². The minimum Gasteiger partial charge on any atom is -0.465 e. The molecule has 0 bridgehead atoms. The van der Waals surface area contributed by atoms with Gasteiger partial charge in [0.05, 0.1) is 6.04 Å². The lowest BCUT2D eigenvalue weighted by molar-refractivity contribution is 0.0511. The maximum absolute atomic E-state index is 11.4. The number of alkyl carbamates (subject to hydrolysis) is 1. The third-order valence-corrected chi connectivity index (χ3v) is 2.50. The topological polar surface area (TPSA) is 78.9 Å². The Balaban J connectivity index is 2.35. The highest BCUT2D eigenvalue weighted by molar-refractivity contribution is 5.68. The second kappa shape index (κ2) is 5.25. The summed E-state index contributed by atoms with van der Waals surface area (Å²) >= 11 is 0. The van der Waals surface area contributed by atoms with E-state index in [9.17, 15) is 9.59 Å². The molecule has 2 N–H and O–H groups in total. The quantitative estimate of drug-likeness (QED) is 0.774. The Kier molecular flexibility index (Phi) is 4.20. The van der Waals surface area contributed by atoms with Gasteiger partial charge in [-0.1, -0.05) is 0 Å². The molecule has 1 rings (SSSR count). The summed E-state index contributed by atoms with van der Waals surface area (Å²) in [6, 6.07) is -0.139. The highest BCUT2D eigenvalue weighted by Crippen LogP contribution is 2.16. The molecule has 2 amide bonds. The first-order valence-electron chi connectivity index (χ1n) is 5.76. The Morgan fingerprint density at radius 3 is 2.65 bits per heavy atom. The van der Waals surface area contributed by atoms with Gasteiger partial charge >= 0.3 is 12.2 Å². The average Bonchev–Trinajstić information content (AvgIpc) is 2.59. The zero-order chi connectivity index (χ0) is 13.1. The van der Waals surface area contributed by atoms with Crippen molar-refractivity contribution in [3.8, 4) is 0 Å². The number of rotatable bonds is 2. The van der Waals surface area contributed by atoms with Crippen LogP contribution in [0, 0.1) is 0 Å². The Labute approximate surface area is 101 Å². The molecule has 0 aliphatic carbocycles. The van der Waals surface area contributed by atoms with Gasteiger partial charge in [-0.3, -0.25) is 0 Å². The van der Waals surface area contributed by atoms with E-state index in [1.54, 1.807) is 20.8 Å². The zero-order valence-corrected chi connectivity index (χ0v) is 10.5. The van der Waals surface area contributed by atoms with Crippen molar-refractivity contribution in [3.05, 3.63) is 0 Å². The molecule has 0 aromatic carbocycles. The summed E-state index contributed by atoms with van der Waals surface area (Å²) in [6.07, 6.45) is 0.183. The van der Waals surface area contributed by atoms with E-state index < -0.39 is 17.8 Å². The normalized spacial score (nSPS) is 20.2. The van der Waals surface area contributed by atoms with E-state index in [2.05, 4.69) is 5.32 Å². The van der Waals surface area contributed by atoms with Crippen LogP contribution in [0.15, 0.2) is 0 Å². The summed E-state index contributed by atoms with van der Waals surface area (Å²) in [5.74, 6) is 0. The summed E-state index contributed by atoms with van der Waals surface area (Å²) in [6.45, 7) is 6.19. The second-order valence-corrected chi connectivity index (χ2v) is 5.15. The van der Waals surface area contributed by atoms with Gasteiger partial charge in [0.15, 0.2) is 0 Å². The van der Waals surface area contributed by atoms with Crippen molar-refractivity contribution in [3.63, 3.8) is 0 Å². The monoisotopic (exact) mass is 244 g/mol. The molecule has 0 radical (unpaired) electrons. The molecule has 6 heteroatoms. The summed E-state index contributed by atoms with van der Waals surface area (Å²) in [7, 11) is 0. The van der Waals surface area contributed by atoms with Crippen LogP contribution in [0.5, 0.6) is 0 Å². The average molecular weight is 244 g/mol. The number of carbonyl (C=O) groups excluding carboxylic acids is 1. The Morgan fingerprint density at radius 2 is 2.12 bits per heavy atom. The van der Waals surface area contributed by atoms with E-state index >= 15 is 0 Å². The highest BCUT2D eigenvalue weighted by Gasteiger charge is 2.29. The van der Waals surface area contributed by atoms with Crippen LogP contribution in [-0.2, 0) is 4.74 Å². The van der Waals surface area contributed by atoms with Crippen LogP contribution in [0.3, 0.4) is 0 Å². The van der Waals surface area contributed by atoms with Gasteiger partial charge in [0, 0.05) is 13.1 Å². The molecule has 98 valence electrons. The lowest BCUT2D eigenvalue weighted by Gasteiger charge is -2.23. The third-order valence-electron chi connectivity index (χ3n) is 2.50. The summed E-state index contributed by atoms with van der Waals surface area (Å²) in [5, 5.41) is 11.5. The number of nitrogens with one attached hydrogen (secondary N) is 1.